The number of nitriles is 1. The standard InChI is InChI=1S/C26H24N2O5S/c1-4-12-33-26(31)23-16(2)28-25(34-15-21(30)17-8-6-5-7-9-17)19(14-27)24(23)18-10-11-20(29)22(13-18)32-3/h4-11,13,24,28-29H,1,12,15H2,2-3H3/t24-/m1/s1. The second-order valence-corrected chi connectivity index (χ2v) is 8.33. The Labute approximate surface area is 202 Å². The molecule has 1 atom stereocenters. The van der Waals surface area contributed by atoms with E-state index in [-0.39, 0.29) is 40.8 Å². The molecule has 7 nitrogen and oxygen atoms in total. The molecule has 0 spiro atoms. The maximum absolute atomic E-state index is 13.0. The van der Waals surface area contributed by atoms with E-state index in [2.05, 4.69) is 18.0 Å². The predicted molar refractivity (Wildman–Crippen MR) is 130 cm³/mol. The second kappa shape index (κ2) is 11.3. The summed E-state index contributed by atoms with van der Waals surface area (Å²) >= 11 is 1.19. The maximum atomic E-state index is 13.0. The zero-order valence-corrected chi connectivity index (χ0v) is 19.6. The lowest BCUT2D eigenvalue weighted by molar-refractivity contribution is -0.138. The van der Waals surface area contributed by atoms with Crippen LogP contribution in [0.15, 0.2) is 83.1 Å². The van der Waals surface area contributed by atoms with E-state index in [0.29, 0.717) is 21.9 Å². The molecule has 3 rings (SSSR count). The molecule has 1 heterocycles. The predicted octanol–water partition coefficient (Wildman–Crippen LogP) is 4.44. The Morgan fingerprint density at radius 2 is 2.00 bits per heavy atom. The number of ketones is 1. The molecular formula is C26H24N2O5S. The Bertz CT molecular complexity index is 1210. The number of hydrogen-bond acceptors (Lipinski definition) is 8. The lowest BCUT2D eigenvalue weighted by atomic mass is 9.82. The molecule has 0 aromatic heterocycles. The van der Waals surface area contributed by atoms with E-state index in [0.717, 1.165) is 0 Å². The van der Waals surface area contributed by atoms with Crippen molar-refractivity contribution < 1.29 is 24.2 Å². The highest BCUT2D eigenvalue weighted by atomic mass is 32.2. The number of carbonyl (C=O) groups excluding carboxylic acids is 2. The highest BCUT2D eigenvalue weighted by molar-refractivity contribution is 8.03. The largest absolute Gasteiger partial charge is 0.504 e. The van der Waals surface area contributed by atoms with Gasteiger partial charge in [0.1, 0.15) is 6.61 Å². The monoisotopic (exact) mass is 476 g/mol. The molecule has 0 aliphatic carbocycles. The summed E-state index contributed by atoms with van der Waals surface area (Å²) in [6.07, 6.45) is 1.46. The first-order chi connectivity index (χ1) is 16.4. The Hall–Kier alpha value is -3.96. The molecular weight excluding hydrogens is 452 g/mol. The van der Waals surface area contributed by atoms with Crippen LogP contribution in [0.4, 0.5) is 0 Å². The Morgan fingerprint density at radius 1 is 1.26 bits per heavy atom. The number of phenols is 1. The molecule has 0 bridgehead atoms. The Morgan fingerprint density at radius 3 is 2.65 bits per heavy atom. The Kier molecular flexibility index (Phi) is 8.17. The average molecular weight is 477 g/mol. The number of ether oxygens (including phenoxy) is 2. The highest BCUT2D eigenvalue weighted by Gasteiger charge is 2.36. The van der Waals surface area contributed by atoms with Gasteiger partial charge in [-0.2, -0.15) is 5.26 Å². The van der Waals surface area contributed by atoms with Gasteiger partial charge in [0.05, 0.1) is 41.0 Å². The van der Waals surface area contributed by atoms with Gasteiger partial charge < -0.3 is 19.9 Å². The molecule has 2 N–H and O–H groups in total. The minimum absolute atomic E-state index is 0.0139. The van der Waals surface area contributed by atoms with Gasteiger partial charge in [-0.25, -0.2) is 4.79 Å². The van der Waals surface area contributed by atoms with Gasteiger partial charge in [-0.05, 0) is 24.6 Å². The summed E-state index contributed by atoms with van der Waals surface area (Å²) in [7, 11) is 1.42. The van der Waals surface area contributed by atoms with Crippen molar-refractivity contribution in [3.8, 4) is 17.6 Å². The summed E-state index contributed by atoms with van der Waals surface area (Å²) in [5.41, 5.74) is 2.15. The first-order valence-electron chi connectivity index (χ1n) is 10.4. The number of dihydropyridines is 1. The number of rotatable bonds is 9. The van der Waals surface area contributed by atoms with Crippen LogP contribution in [0, 0.1) is 11.3 Å². The lowest BCUT2D eigenvalue weighted by Gasteiger charge is -2.29. The summed E-state index contributed by atoms with van der Waals surface area (Å²) in [6.45, 7) is 5.29. The van der Waals surface area contributed by atoms with Crippen molar-refractivity contribution in [1.82, 2.24) is 5.32 Å². The molecule has 0 fully saturated rings. The maximum Gasteiger partial charge on any atom is 0.337 e. The fourth-order valence-corrected chi connectivity index (χ4v) is 4.55. The van der Waals surface area contributed by atoms with E-state index >= 15 is 0 Å². The number of nitrogens with zero attached hydrogens (tertiary/aromatic N) is 1. The molecule has 0 radical (unpaired) electrons. The van der Waals surface area contributed by atoms with Crippen molar-refractivity contribution in [2.45, 2.75) is 12.8 Å². The van der Waals surface area contributed by atoms with Crippen LogP contribution < -0.4 is 10.1 Å². The van der Waals surface area contributed by atoms with Gasteiger partial charge in [0.25, 0.3) is 0 Å². The van der Waals surface area contributed by atoms with Crippen molar-refractivity contribution in [3.63, 3.8) is 0 Å². The quantitative estimate of drug-likeness (QED) is 0.311. The number of allylic oxidation sites excluding steroid dienone is 2. The van der Waals surface area contributed by atoms with Crippen LogP contribution in [0.3, 0.4) is 0 Å². The number of hydrogen-bond donors (Lipinski definition) is 2. The topological polar surface area (TPSA) is 109 Å². The number of nitrogens with one attached hydrogen (secondary N) is 1. The number of thioether (sulfide) groups is 1. The molecule has 1 aliphatic rings. The van der Waals surface area contributed by atoms with Gasteiger partial charge in [0, 0.05) is 11.3 Å². The first-order valence-corrected chi connectivity index (χ1v) is 11.4. The van der Waals surface area contributed by atoms with Gasteiger partial charge in [-0.3, -0.25) is 4.79 Å². The molecule has 2 aromatic rings. The van der Waals surface area contributed by atoms with Crippen molar-refractivity contribution in [2.75, 3.05) is 19.5 Å². The van der Waals surface area contributed by atoms with Crippen molar-refractivity contribution in [3.05, 3.63) is 94.2 Å². The minimum Gasteiger partial charge on any atom is -0.504 e. The summed E-state index contributed by atoms with van der Waals surface area (Å²) in [5, 5.41) is 23.7. The van der Waals surface area contributed by atoms with Crippen LogP contribution in [0.1, 0.15) is 28.8 Å². The third-order valence-electron chi connectivity index (χ3n) is 5.18. The van der Waals surface area contributed by atoms with E-state index in [4.69, 9.17) is 9.47 Å². The van der Waals surface area contributed by atoms with Crippen molar-refractivity contribution in [2.24, 2.45) is 0 Å². The number of esters is 1. The van der Waals surface area contributed by atoms with Gasteiger partial charge in [0.15, 0.2) is 17.3 Å². The van der Waals surface area contributed by atoms with Crippen molar-refractivity contribution >= 4 is 23.5 Å². The normalized spacial score (nSPS) is 15.3. The fourth-order valence-electron chi connectivity index (χ4n) is 3.56. The molecule has 0 saturated carbocycles. The van der Waals surface area contributed by atoms with Crippen molar-refractivity contribution in [1.29, 1.82) is 5.26 Å². The van der Waals surface area contributed by atoms with Crippen LogP contribution in [0.2, 0.25) is 0 Å². The number of phenolic OH excluding ortho intramolecular Hbond substituents is 1. The first kappa shape index (κ1) is 24.7. The van der Waals surface area contributed by atoms with Crippen LogP contribution >= 0.6 is 11.8 Å². The number of benzene rings is 2. The zero-order chi connectivity index (χ0) is 24.7. The summed E-state index contributed by atoms with van der Waals surface area (Å²) in [4.78, 5) is 25.6. The van der Waals surface area contributed by atoms with E-state index in [1.165, 1.54) is 31.0 Å². The molecule has 0 unspecified atom stereocenters. The zero-order valence-electron chi connectivity index (χ0n) is 18.8. The average Bonchev–Trinajstić information content (AvgIpc) is 2.86. The molecule has 1 aliphatic heterocycles. The van der Waals surface area contributed by atoms with Crippen LogP contribution in [0.5, 0.6) is 11.5 Å². The molecule has 34 heavy (non-hydrogen) atoms. The SMILES string of the molecule is C=CCOC(=O)C1=C(C)NC(SCC(=O)c2ccccc2)=C(C#N)[C@H]1c1ccc(O)c(OC)c1. The van der Waals surface area contributed by atoms with E-state index in [1.54, 1.807) is 43.3 Å². The molecule has 0 amide bonds. The van der Waals surface area contributed by atoms with Gasteiger partial charge in [0.2, 0.25) is 0 Å². The number of aromatic hydroxyl groups is 1. The number of carbonyl (C=O) groups is 2. The summed E-state index contributed by atoms with van der Waals surface area (Å²) < 4.78 is 10.5. The van der Waals surface area contributed by atoms with Gasteiger partial charge in [-0.1, -0.05) is 60.8 Å². The highest BCUT2D eigenvalue weighted by Crippen LogP contribution is 2.43. The molecule has 8 heteroatoms. The van der Waals surface area contributed by atoms with E-state index in [1.807, 2.05) is 6.07 Å². The van der Waals surface area contributed by atoms with Crippen LogP contribution in [-0.2, 0) is 9.53 Å². The molecule has 2 aromatic carbocycles. The summed E-state index contributed by atoms with van der Waals surface area (Å²) in [5.74, 6) is -1.23. The van der Waals surface area contributed by atoms with Crippen LogP contribution in [-0.4, -0.2) is 36.3 Å². The number of Topliss-reactive ketones (excluding diaryl/α,β-unsaturated/α-hetero) is 1. The third-order valence-corrected chi connectivity index (χ3v) is 6.20. The second-order valence-electron chi connectivity index (χ2n) is 7.35. The van der Waals surface area contributed by atoms with E-state index < -0.39 is 11.9 Å². The molecule has 0 saturated heterocycles. The summed E-state index contributed by atoms with van der Waals surface area (Å²) in [6, 6.07) is 15.7. The minimum atomic E-state index is -0.785. The third kappa shape index (κ3) is 5.33. The van der Waals surface area contributed by atoms with E-state index in [9.17, 15) is 20.0 Å². The van der Waals surface area contributed by atoms with Crippen LogP contribution in [0.25, 0.3) is 0 Å². The lowest BCUT2D eigenvalue weighted by Crippen LogP contribution is -2.29. The van der Waals surface area contributed by atoms with Gasteiger partial charge in [-0.15, -0.1) is 0 Å². The van der Waals surface area contributed by atoms with Gasteiger partial charge >= 0.3 is 5.97 Å². The molecule has 174 valence electrons. The number of methoxy groups -OCH3 is 1. The fraction of sp³-hybridized carbons (Fsp3) is 0.192. The smallest absolute Gasteiger partial charge is 0.337 e. The Balaban J connectivity index is 2.03.